The van der Waals surface area contributed by atoms with Gasteiger partial charge in [-0.3, -0.25) is 0 Å². The Morgan fingerprint density at radius 1 is 1.33 bits per heavy atom. The molecule has 1 fully saturated rings. The molecule has 1 aromatic rings. The molecule has 0 bridgehead atoms. The van der Waals surface area contributed by atoms with Gasteiger partial charge in [0.05, 0.1) is 16.5 Å². The Bertz CT molecular complexity index is 571. The quantitative estimate of drug-likeness (QED) is 0.846. The third-order valence-corrected chi connectivity index (χ3v) is 5.50. The van der Waals surface area contributed by atoms with Gasteiger partial charge in [-0.15, -0.1) is 0 Å². The number of benzene rings is 1. The fraction of sp³-hybridized carbons (Fsp3) is 0.600. The number of anilines is 1. The van der Waals surface area contributed by atoms with Crippen molar-refractivity contribution in [1.82, 2.24) is 4.72 Å². The molecule has 0 aliphatic carbocycles. The molecule has 1 aliphatic heterocycles. The normalized spacial score (nSPS) is 26.0. The van der Waals surface area contributed by atoms with Crippen molar-refractivity contribution >= 4 is 15.7 Å². The predicted octanol–water partition coefficient (Wildman–Crippen LogP) is 2.35. The van der Waals surface area contributed by atoms with E-state index in [0.29, 0.717) is 11.4 Å². The molecule has 2 atom stereocenters. The Labute approximate surface area is 127 Å². The van der Waals surface area contributed by atoms with E-state index >= 15 is 0 Å². The van der Waals surface area contributed by atoms with Crippen LogP contribution in [0, 0.1) is 0 Å². The second-order valence-electron chi connectivity index (χ2n) is 5.73. The summed E-state index contributed by atoms with van der Waals surface area (Å²) in [5.74, 6) is 0. The number of rotatable bonds is 6. The van der Waals surface area contributed by atoms with Crippen LogP contribution in [0.2, 0.25) is 0 Å². The number of hydrogen-bond donors (Lipinski definition) is 2. The highest BCUT2D eigenvalue weighted by molar-refractivity contribution is 7.89. The number of sulfonamides is 1. The van der Waals surface area contributed by atoms with Crippen molar-refractivity contribution in [2.24, 2.45) is 0 Å². The summed E-state index contributed by atoms with van der Waals surface area (Å²) >= 11 is 0. The minimum Gasteiger partial charge on any atom is -0.377 e. The summed E-state index contributed by atoms with van der Waals surface area (Å²) in [7, 11) is -3.39. The van der Waals surface area contributed by atoms with Crippen LogP contribution in [0.25, 0.3) is 0 Å². The fourth-order valence-corrected chi connectivity index (χ4v) is 3.50. The van der Waals surface area contributed by atoms with Gasteiger partial charge in [0, 0.05) is 18.8 Å². The summed E-state index contributed by atoms with van der Waals surface area (Å²) in [6.45, 7) is 7.31. The Kier molecular flexibility index (Phi) is 4.91. The Hall–Kier alpha value is -1.11. The molecule has 118 valence electrons. The smallest absolute Gasteiger partial charge is 0.240 e. The van der Waals surface area contributed by atoms with Gasteiger partial charge in [0.2, 0.25) is 10.0 Å². The van der Waals surface area contributed by atoms with Crippen molar-refractivity contribution in [3.05, 3.63) is 24.3 Å². The van der Waals surface area contributed by atoms with Crippen LogP contribution in [0.3, 0.4) is 0 Å². The van der Waals surface area contributed by atoms with Gasteiger partial charge >= 0.3 is 0 Å². The SMILES string of the molecule is CCCNS(=O)(=O)c1ccc(NC2(C)CCOC2C)cc1. The molecule has 2 rings (SSSR count). The molecular formula is C15H24N2O3S. The van der Waals surface area contributed by atoms with Crippen molar-refractivity contribution in [3.63, 3.8) is 0 Å². The highest BCUT2D eigenvalue weighted by atomic mass is 32.2. The van der Waals surface area contributed by atoms with Gasteiger partial charge in [-0.05, 0) is 51.0 Å². The van der Waals surface area contributed by atoms with Gasteiger partial charge in [-0.2, -0.15) is 0 Å². The van der Waals surface area contributed by atoms with Crippen LogP contribution >= 0.6 is 0 Å². The maximum Gasteiger partial charge on any atom is 0.240 e. The monoisotopic (exact) mass is 312 g/mol. The average Bonchev–Trinajstić information content (AvgIpc) is 2.77. The van der Waals surface area contributed by atoms with Crippen LogP contribution in [0.5, 0.6) is 0 Å². The zero-order valence-electron chi connectivity index (χ0n) is 12.8. The second-order valence-corrected chi connectivity index (χ2v) is 7.49. The fourth-order valence-electron chi connectivity index (χ4n) is 2.37. The molecule has 5 nitrogen and oxygen atoms in total. The molecule has 0 radical (unpaired) electrons. The first-order valence-electron chi connectivity index (χ1n) is 7.37. The number of nitrogens with one attached hydrogen (secondary N) is 2. The predicted molar refractivity (Wildman–Crippen MR) is 84.0 cm³/mol. The molecule has 0 spiro atoms. The summed E-state index contributed by atoms with van der Waals surface area (Å²) in [5.41, 5.74) is 0.796. The highest BCUT2D eigenvalue weighted by Crippen LogP contribution is 2.29. The van der Waals surface area contributed by atoms with Gasteiger partial charge in [-0.1, -0.05) is 6.92 Å². The summed E-state index contributed by atoms with van der Waals surface area (Å²) in [4.78, 5) is 0.294. The summed E-state index contributed by atoms with van der Waals surface area (Å²) in [6.07, 6.45) is 1.84. The number of ether oxygens (including phenoxy) is 1. The third-order valence-electron chi connectivity index (χ3n) is 4.02. The highest BCUT2D eigenvalue weighted by Gasteiger charge is 2.36. The first kappa shape index (κ1) is 16.3. The first-order valence-corrected chi connectivity index (χ1v) is 8.85. The van der Waals surface area contributed by atoms with Crippen molar-refractivity contribution < 1.29 is 13.2 Å². The Balaban J connectivity index is 2.09. The summed E-state index contributed by atoms with van der Waals surface area (Å²) in [6, 6.07) is 6.86. The van der Waals surface area contributed by atoms with Gasteiger partial charge in [0.25, 0.3) is 0 Å². The average molecular weight is 312 g/mol. The van der Waals surface area contributed by atoms with Gasteiger partial charge in [0.1, 0.15) is 0 Å². The minimum absolute atomic E-state index is 0.110. The molecular weight excluding hydrogens is 288 g/mol. The van der Waals surface area contributed by atoms with Crippen LogP contribution in [-0.2, 0) is 14.8 Å². The topological polar surface area (TPSA) is 67.4 Å². The lowest BCUT2D eigenvalue weighted by Gasteiger charge is -2.30. The summed E-state index contributed by atoms with van der Waals surface area (Å²) < 4.78 is 32.2. The molecule has 0 amide bonds. The van der Waals surface area contributed by atoms with E-state index in [-0.39, 0.29) is 11.6 Å². The van der Waals surface area contributed by atoms with E-state index in [4.69, 9.17) is 4.74 Å². The molecule has 0 aromatic heterocycles. The van der Waals surface area contributed by atoms with E-state index in [2.05, 4.69) is 17.0 Å². The Morgan fingerprint density at radius 3 is 2.52 bits per heavy atom. The largest absolute Gasteiger partial charge is 0.377 e. The van der Waals surface area contributed by atoms with E-state index in [0.717, 1.165) is 25.1 Å². The molecule has 0 saturated carbocycles. The van der Waals surface area contributed by atoms with Gasteiger partial charge in [-0.25, -0.2) is 13.1 Å². The summed E-state index contributed by atoms with van der Waals surface area (Å²) in [5, 5.41) is 3.45. The number of hydrogen-bond acceptors (Lipinski definition) is 4. The van der Waals surface area contributed by atoms with Crippen molar-refractivity contribution in [3.8, 4) is 0 Å². The minimum atomic E-state index is -3.39. The van der Waals surface area contributed by atoms with E-state index < -0.39 is 10.0 Å². The van der Waals surface area contributed by atoms with E-state index in [1.165, 1.54) is 0 Å². The zero-order chi connectivity index (χ0) is 15.5. The molecule has 1 saturated heterocycles. The van der Waals surface area contributed by atoms with Crippen LogP contribution in [0.1, 0.15) is 33.6 Å². The standard InChI is InChI=1S/C15H24N2O3S/c1-4-10-16-21(18,19)14-7-5-13(6-8-14)17-15(3)9-11-20-12(15)2/h5-8,12,16-17H,4,9-11H2,1-3H3. The Morgan fingerprint density at radius 2 is 2.00 bits per heavy atom. The lowest BCUT2D eigenvalue weighted by Crippen LogP contribution is -2.41. The zero-order valence-corrected chi connectivity index (χ0v) is 13.7. The molecule has 2 unspecified atom stereocenters. The van der Waals surface area contributed by atoms with E-state index in [1.807, 2.05) is 13.8 Å². The maximum absolute atomic E-state index is 12.0. The lowest BCUT2D eigenvalue weighted by atomic mass is 9.94. The molecule has 1 aliphatic rings. The van der Waals surface area contributed by atoms with Crippen LogP contribution in [0.15, 0.2) is 29.2 Å². The molecule has 6 heteroatoms. The van der Waals surface area contributed by atoms with Crippen LogP contribution in [-0.4, -0.2) is 33.2 Å². The lowest BCUT2D eigenvalue weighted by molar-refractivity contribution is 0.105. The maximum atomic E-state index is 12.0. The van der Waals surface area contributed by atoms with E-state index in [1.54, 1.807) is 24.3 Å². The van der Waals surface area contributed by atoms with Gasteiger partial charge in [0.15, 0.2) is 0 Å². The van der Waals surface area contributed by atoms with Crippen molar-refractivity contribution in [2.45, 2.75) is 50.2 Å². The second kappa shape index (κ2) is 6.34. The first-order chi connectivity index (χ1) is 9.87. The molecule has 2 N–H and O–H groups in total. The van der Waals surface area contributed by atoms with Crippen LogP contribution < -0.4 is 10.0 Å². The molecule has 1 aromatic carbocycles. The van der Waals surface area contributed by atoms with Gasteiger partial charge < -0.3 is 10.1 Å². The molecule has 1 heterocycles. The third kappa shape index (κ3) is 3.75. The van der Waals surface area contributed by atoms with Crippen molar-refractivity contribution in [1.29, 1.82) is 0 Å². The van der Waals surface area contributed by atoms with Crippen LogP contribution in [0.4, 0.5) is 5.69 Å². The molecule has 21 heavy (non-hydrogen) atoms. The van der Waals surface area contributed by atoms with Crippen molar-refractivity contribution in [2.75, 3.05) is 18.5 Å². The van der Waals surface area contributed by atoms with E-state index in [9.17, 15) is 8.42 Å².